The molecule has 1 amide bonds. The van der Waals surface area contributed by atoms with Crippen molar-refractivity contribution in [1.82, 2.24) is 9.97 Å². The lowest BCUT2D eigenvalue weighted by Gasteiger charge is -2.09. The summed E-state index contributed by atoms with van der Waals surface area (Å²) in [6.45, 7) is 0. The van der Waals surface area contributed by atoms with Gasteiger partial charge in [-0.1, -0.05) is 12.1 Å². The Bertz CT molecular complexity index is 1060. The van der Waals surface area contributed by atoms with Gasteiger partial charge in [-0.3, -0.25) is 9.59 Å². The van der Waals surface area contributed by atoms with Crippen molar-refractivity contribution in [3.8, 4) is 0 Å². The first-order valence-corrected chi connectivity index (χ1v) is 10.7. The maximum atomic E-state index is 13.6. The van der Waals surface area contributed by atoms with Crippen molar-refractivity contribution in [1.29, 1.82) is 0 Å². The van der Waals surface area contributed by atoms with Gasteiger partial charge in [0.05, 0.1) is 22.6 Å². The van der Waals surface area contributed by atoms with E-state index >= 15 is 0 Å². The summed E-state index contributed by atoms with van der Waals surface area (Å²) >= 11 is 2.94. The number of anilines is 1. The Labute approximate surface area is 163 Å². The van der Waals surface area contributed by atoms with Crippen LogP contribution < -0.4 is 10.9 Å². The van der Waals surface area contributed by atoms with Crippen molar-refractivity contribution in [3.63, 3.8) is 0 Å². The Kier molecular flexibility index (Phi) is 5.27. The lowest BCUT2D eigenvalue weighted by molar-refractivity contribution is -0.113. The molecule has 2 heterocycles. The molecule has 140 valence electrons. The van der Waals surface area contributed by atoms with Crippen molar-refractivity contribution >= 4 is 44.9 Å². The van der Waals surface area contributed by atoms with Gasteiger partial charge in [-0.05, 0) is 43.4 Å². The summed E-state index contributed by atoms with van der Waals surface area (Å²) in [5.41, 5.74) is 1.24. The van der Waals surface area contributed by atoms with Crippen LogP contribution in [0.1, 0.15) is 29.1 Å². The van der Waals surface area contributed by atoms with Crippen molar-refractivity contribution in [2.45, 2.75) is 31.4 Å². The number of nitrogens with one attached hydrogen (secondary N) is 2. The molecule has 0 spiro atoms. The van der Waals surface area contributed by atoms with Crippen LogP contribution in [-0.2, 0) is 23.4 Å². The zero-order valence-corrected chi connectivity index (χ0v) is 16.1. The van der Waals surface area contributed by atoms with E-state index in [2.05, 4.69) is 15.3 Å². The molecule has 0 fully saturated rings. The van der Waals surface area contributed by atoms with Crippen LogP contribution in [0.3, 0.4) is 0 Å². The third-order valence-electron chi connectivity index (χ3n) is 4.49. The first kappa shape index (κ1) is 18.2. The summed E-state index contributed by atoms with van der Waals surface area (Å²) in [5.74, 6) is 0.374. The number of nitrogens with zero attached hydrogens (tertiary/aromatic N) is 1. The minimum atomic E-state index is -0.464. The molecule has 0 saturated heterocycles. The van der Waals surface area contributed by atoms with E-state index in [0.717, 1.165) is 35.9 Å². The molecule has 1 aromatic carbocycles. The van der Waals surface area contributed by atoms with E-state index < -0.39 is 5.82 Å². The van der Waals surface area contributed by atoms with Gasteiger partial charge in [-0.2, -0.15) is 0 Å². The number of hydrogen-bond acceptors (Lipinski definition) is 5. The number of aromatic nitrogens is 2. The second-order valence-corrected chi connectivity index (χ2v) is 8.49. The van der Waals surface area contributed by atoms with Gasteiger partial charge in [0.25, 0.3) is 5.56 Å². The third-order valence-corrected chi connectivity index (χ3v) is 6.62. The molecule has 2 N–H and O–H groups in total. The number of amides is 1. The van der Waals surface area contributed by atoms with Crippen LogP contribution >= 0.6 is 23.1 Å². The van der Waals surface area contributed by atoms with Crippen LogP contribution in [0.25, 0.3) is 10.2 Å². The van der Waals surface area contributed by atoms with Crippen molar-refractivity contribution < 1.29 is 9.18 Å². The van der Waals surface area contributed by atoms with Crippen LogP contribution in [0, 0.1) is 5.82 Å². The molecule has 0 bridgehead atoms. The molecule has 0 saturated carbocycles. The number of rotatable bonds is 5. The molecule has 27 heavy (non-hydrogen) atoms. The van der Waals surface area contributed by atoms with Crippen LogP contribution in [0.5, 0.6) is 0 Å². The monoisotopic (exact) mass is 403 g/mol. The van der Waals surface area contributed by atoms with Gasteiger partial charge in [0, 0.05) is 4.88 Å². The number of hydrogen-bond donors (Lipinski definition) is 2. The number of carbonyl (C=O) groups excluding carboxylic acids is 1. The normalized spacial score (nSPS) is 13.5. The second kappa shape index (κ2) is 7.82. The van der Waals surface area contributed by atoms with E-state index in [-0.39, 0.29) is 22.9 Å². The Balaban J connectivity index is 1.41. The molecular formula is C19H18FN3O2S2. The average molecular weight is 404 g/mol. The lowest BCUT2D eigenvalue weighted by Crippen LogP contribution is -2.16. The Morgan fingerprint density at radius 3 is 2.96 bits per heavy atom. The molecule has 0 atom stereocenters. The van der Waals surface area contributed by atoms with Gasteiger partial charge in [-0.15, -0.1) is 23.1 Å². The van der Waals surface area contributed by atoms with Gasteiger partial charge in [-0.25, -0.2) is 9.37 Å². The SMILES string of the molecule is O=C(CSCc1nc2sc3c(c2c(=O)[nH]1)CCCC3)Nc1ccccc1F. The summed E-state index contributed by atoms with van der Waals surface area (Å²) in [6.07, 6.45) is 4.26. The quantitative estimate of drug-likeness (QED) is 0.678. The van der Waals surface area contributed by atoms with Gasteiger partial charge in [0.1, 0.15) is 16.5 Å². The van der Waals surface area contributed by atoms with Crippen molar-refractivity contribution in [2.75, 3.05) is 11.1 Å². The van der Waals surface area contributed by atoms with E-state index in [1.54, 1.807) is 23.5 Å². The average Bonchev–Trinajstić information content (AvgIpc) is 3.02. The van der Waals surface area contributed by atoms with Gasteiger partial charge in [0.15, 0.2) is 0 Å². The van der Waals surface area contributed by atoms with Gasteiger partial charge >= 0.3 is 0 Å². The molecule has 8 heteroatoms. The minimum absolute atomic E-state index is 0.0918. The molecule has 0 aliphatic heterocycles. The van der Waals surface area contributed by atoms with E-state index in [4.69, 9.17) is 0 Å². The van der Waals surface area contributed by atoms with Crippen LogP contribution in [0.2, 0.25) is 0 Å². The molecule has 4 rings (SSSR count). The molecule has 0 unspecified atom stereocenters. The summed E-state index contributed by atoms with van der Waals surface area (Å²) in [6, 6.07) is 6.05. The highest BCUT2D eigenvalue weighted by Gasteiger charge is 2.19. The van der Waals surface area contributed by atoms with E-state index in [0.29, 0.717) is 11.6 Å². The summed E-state index contributed by atoms with van der Waals surface area (Å²) in [4.78, 5) is 34.0. The molecule has 0 radical (unpaired) electrons. The lowest BCUT2D eigenvalue weighted by atomic mass is 9.97. The van der Waals surface area contributed by atoms with E-state index in [9.17, 15) is 14.0 Å². The highest BCUT2D eigenvalue weighted by Crippen LogP contribution is 2.33. The van der Waals surface area contributed by atoms with Crippen molar-refractivity contribution in [3.05, 3.63) is 56.7 Å². The topological polar surface area (TPSA) is 74.8 Å². The molecule has 3 aromatic rings. The fourth-order valence-electron chi connectivity index (χ4n) is 3.27. The first-order chi connectivity index (χ1) is 13.1. The minimum Gasteiger partial charge on any atom is -0.323 e. The Morgan fingerprint density at radius 1 is 1.30 bits per heavy atom. The van der Waals surface area contributed by atoms with Gasteiger partial charge < -0.3 is 10.3 Å². The smallest absolute Gasteiger partial charge is 0.259 e. The van der Waals surface area contributed by atoms with Crippen molar-refractivity contribution in [2.24, 2.45) is 0 Å². The highest BCUT2D eigenvalue weighted by atomic mass is 32.2. The molecule has 5 nitrogen and oxygen atoms in total. The van der Waals surface area contributed by atoms with E-state index in [1.807, 2.05) is 0 Å². The van der Waals surface area contributed by atoms with Crippen LogP contribution in [-0.4, -0.2) is 21.6 Å². The number of fused-ring (bicyclic) bond motifs is 3. The largest absolute Gasteiger partial charge is 0.323 e. The maximum Gasteiger partial charge on any atom is 0.259 e. The summed E-state index contributed by atoms with van der Waals surface area (Å²) in [5, 5.41) is 3.28. The summed E-state index contributed by atoms with van der Waals surface area (Å²) in [7, 11) is 0. The number of benzene rings is 1. The Morgan fingerprint density at radius 2 is 2.11 bits per heavy atom. The Hall–Kier alpha value is -2.19. The van der Waals surface area contributed by atoms with E-state index in [1.165, 1.54) is 34.3 Å². The highest BCUT2D eigenvalue weighted by molar-refractivity contribution is 7.99. The fraction of sp³-hybridized carbons (Fsp3) is 0.316. The molecular weight excluding hydrogens is 385 g/mol. The number of aryl methyl sites for hydroxylation is 2. The first-order valence-electron chi connectivity index (χ1n) is 8.77. The maximum absolute atomic E-state index is 13.6. The number of para-hydroxylation sites is 1. The van der Waals surface area contributed by atoms with Crippen LogP contribution in [0.15, 0.2) is 29.1 Å². The number of thiophene rings is 1. The fourth-order valence-corrected chi connectivity index (χ4v) is 5.24. The number of halogens is 1. The molecule has 2 aromatic heterocycles. The van der Waals surface area contributed by atoms with Gasteiger partial charge in [0.2, 0.25) is 5.91 Å². The second-order valence-electron chi connectivity index (χ2n) is 6.42. The zero-order chi connectivity index (χ0) is 18.8. The number of H-pyrrole nitrogens is 1. The molecule has 1 aliphatic carbocycles. The van der Waals surface area contributed by atoms with Crippen LogP contribution in [0.4, 0.5) is 10.1 Å². The zero-order valence-electron chi connectivity index (χ0n) is 14.5. The standard InChI is InChI=1S/C19H18FN3O2S2/c20-12-6-2-3-7-13(12)21-16(24)10-26-9-15-22-18(25)17-11-5-1-4-8-14(11)27-19(17)23-15/h2-3,6-7H,1,4-5,8-10H2,(H,21,24)(H,22,23,25). The number of thioether (sulfide) groups is 1. The molecule has 1 aliphatic rings. The summed E-state index contributed by atoms with van der Waals surface area (Å²) < 4.78 is 13.6. The third kappa shape index (κ3) is 3.91. The predicted octanol–water partition coefficient (Wildman–Crippen LogP) is 3.87. The predicted molar refractivity (Wildman–Crippen MR) is 108 cm³/mol. The number of carbonyl (C=O) groups is 1. The number of aromatic amines is 1.